The number of sulfone groups is 1. The van der Waals surface area contributed by atoms with Crippen molar-refractivity contribution < 1.29 is 17.9 Å². The predicted molar refractivity (Wildman–Crippen MR) is 60.5 cm³/mol. The second-order valence-electron chi connectivity index (χ2n) is 3.27. The zero-order valence-electron chi connectivity index (χ0n) is 8.60. The van der Waals surface area contributed by atoms with Crippen LogP contribution in [0.1, 0.15) is 18.6 Å². The molecule has 6 heteroatoms. The van der Waals surface area contributed by atoms with Crippen LogP contribution in [-0.4, -0.2) is 24.0 Å². The fourth-order valence-electron chi connectivity index (χ4n) is 1.21. The maximum Gasteiger partial charge on any atom is 0.169 e. The average Bonchev–Trinajstić information content (AvgIpc) is 2.27. The fourth-order valence-corrected chi connectivity index (χ4v) is 2.58. The quantitative estimate of drug-likeness (QED) is 0.847. The second-order valence-corrected chi connectivity index (χ2v) is 6.41. The van der Waals surface area contributed by atoms with Crippen LogP contribution in [-0.2, 0) is 9.84 Å². The zero-order chi connectivity index (χ0) is 12.3. The molecule has 16 heavy (non-hydrogen) atoms. The molecule has 0 aromatic heterocycles. The van der Waals surface area contributed by atoms with Gasteiger partial charge in [-0.2, -0.15) is 0 Å². The molecule has 0 unspecified atom stereocenters. The minimum Gasteiger partial charge on any atom is -0.386 e. The van der Waals surface area contributed by atoms with Gasteiger partial charge < -0.3 is 5.11 Å². The number of rotatable bonds is 4. The molecular weight excluding hydrogens is 255 g/mol. The third-order valence-electron chi connectivity index (χ3n) is 2.22. The van der Waals surface area contributed by atoms with Crippen LogP contribution in [0.15, 0.2) is 24.3 Å². The summed E-state index contributed by atoms with van der Waals surface area (Å²) in [4.78, 5) is 0. The van der Waals surface area contributed by atoms with E-state index in [9.17, 15) is 17.9 Å². The summed E-state index contributed by atoms with van der Waals surface area (Å²) >= 11 is 5.62. The maximum atomic E-state index is 13.3. The molecule has 1 aromatic rings. The summed E-state index contributed by atoms with van der Waals surface area (Å²) < 4.78 is 34.6. The van der Waals surface area contributed by atoms with Gasteiger partial charge in [0, 0.05) is 11.3 Å². The van der Waals surface area contributed by atoms with Gasteiger partial charge in [-0.05, 0) is 6.07 Å². The smallest absolute Gasteiger partial charge is 0.169 e. The van der Waals surface area contributed by atoms with Crippen molar-refractivity contribution in [3.63, 3.8) is 0 Å². The van der Waals surface area contributed by atoms with E-state index in [1.807, 2.05) is 0 Å². The molecule has 0 aliphatic carbocycles. The van der Waals surface area contributed by atoms with Crippen LogP contribution in [0, 0.1) is 5.82 Å². The third-order valence-corrected chi connectivity index (χ3v) is 5.02. The molecule has 0 aliphatic heterocycles. The summed E-state index contributed by atoms with van der Waals surface area (Å²) in [6.07, 6.45) is -1.56. The number of benzene rings is 1. The van der Waals surface area contributed by atoms with Crippen molar-refractivity contribution >= 4 is 21.4 Å². The second kappa shape index (κ2) is 5.12. The molecule has 3 nitrogen and oxygen atoms in total. The Labute approximate surface area is 98.8 Å². The van der Waals surface area contributed by atoms with Crippen LogP contribution < -0.4 is 0 Å². The van der Waals surface area contributed by atoms with Crippen molar-refractivity contribution in [2.24, 2.45) is 0 Å². The Hall–Kier alpha value is -0.650. The minimum absolute atomic E-state index is 0.112. The molecule has 0 spiro atoms. The van der Waals surface area contributed by atoms with Gasteiger partial charge in [0.25, 0.3) is 0 Å². The van der Waals surface area contributed by atoms with Gasteiger partial charge in [-0.3, -0.25) is 0 Å². The van der Waals surface area contributed by atoms with Crippen molar-refractivity contribution in [1.29, 1.82) is 0 Å². The first-order valence-electron chi connectivity index (χ1n) is 4.68. The number of hydrogen-bond acceptors (Lipinski definition) is 3. The van der Waals surface area contributed by atoms with Crippen molar-refractivity contribution in [1.82, 2.24) is 0 Å². The molecule has 0 saturated carbocycles. The number of halogens is 2. The first-order chi connectivity index (χ1) is 7.40. The molecule has 0 amide bonds. The van der Waals surface area contributed by atoms with Crippen LogP contribution in [0.25, 0.3) is 0 Å². The van der Waals surface area contributed by atoms with Gasteiger partial charge in [-0.15, -0.1) is 11.6 Å². The molecule has 1 N–H and O–H groups in total. The highest BCUT2D eigenvalue weighted by Gasteiger charge is 2.31. The van der Waals surface area contributed by atoms with Gasteiger partial charge in [0.05, 0.1) is 0 Å². The van der Waals surface area contributed by atoms with Gasteiger partial charge in [0.2, 0.25) is 0 Å². The zero-order valence-corrected chi connectivity index (χ0v) is 10.2. The summed E-state index contributed by atoms with van der Waals surface area (Å²) in [5.41, 5.74) is -0.112. The van der Waals surface area contributed by atoms with E-state index in [2.05, 4.69) is 0 Å². The Morgan fingerprint density at radius 2 is 2.00 bits per heavy atom. The summed E-state index contributed by atoms with van der Waals surface area (Å²) in [5.74, 6) is -0.876. The van der Waals surface area contributed by atoms with Gasteiger partial charge in [-0.25, -0.2) is 12.8 Å². The number of aliphatic hydroxyl groups is 1. The Morgan fingerprint density at radius 1 is 1.44 bits per heavy atom. The normalized spacial score (nSPS) is 15.8. The van der Waals surface area contributed by atoms with Crippen LogP contribution in [0.3, 0.4) is 0 Å². The third kappa shape index (κ3) is 2.72. The van der Waals surface area contributed by atoms with E-state index >= 15 is 0 Å². The molecule has 0 saturated heterocycles. The van der Waals surface area contributed by atoms with Crippen LogP contribution in [0.5, 0.6) is 0 Å². The van der Waals surface area contributed by atoms with E-state index in [4.69, 9.17) is 11.6 Å². The molecule has 0 aliphatic rings. The summed E-state index contributed by atoms with van der Waals surface area (Å²) in [5, 5.41) is 9.69. The van der Waals surface area contributed by atoms with Crippen molar-refractivity contribution in [3.8, 4) is 0 Å². The molecule has 0 bridgehead atoms. The Morgan fingerprint density at radius 3 is 2.50 bits per heavy atom. The summed E-state index contributed by atoms with van der Waals surface area (Å²) in [6.45, 7) is 1.42. The molecule has 1 rings (SSSR count). The van der Waals surface area contributed by atoms with E-state index in [0.29, 0.717) is 0 Å². The Kier molecular flexibility index (Phi) is 4.29. The van der Waals surface area contributed by atoms with Gasteiger partial charge in [-0.1, -0.05) is 25.1 Å². The molecular formula is C10H12ClFO3S. The highest BCUT2D eigenvalue weighted by atomic mass is 35.5. The summed E-state index contributed by atoms with van der Waals surface area (Å²) in [6, 6.07) is 5.40. The molecule has 0 heterocycles. The highest BCUT2D eigenvalue weighted by Crippen LogP contribution is 2.27. The van der Waals surface area contributed by atoms with E-state index < -0.39 is 26.5 Å². The highest BCUT2D eigenvalue weighted by molar-refractivity contribution is 7.93. The van der Waals surface area contributed by atoms with Crippen molar-refractivity contribution in [2.75, 3.05) is 5.75 Å². The van der Waals surface area contributed by atoms with Gasteiger partial charge in [0.1, 0.15) is 11.9 Å². The Balaban J connectivity index is 3.04. The van der Waals surface area contributed by atoms with E-state index in [-0.39, 0.29) is 11.3 Å². The molecule has 90 valence electrons. The van der Waals surface area contributed by atoms with E-state index in [0.717, 1.165) is 6.07 Å². The standard InChI is InChI=1S/C10H12ClFO3S/c1-2-16(14,15)10(11)9(13)7-5-3-4-6-8(7)12/h3-6,9-10,13H,2H2,1H3/t9-,10-/m0/s1. The number of hydrogen-bond donors (Lipinski definition) is 1. The van der Waals surface area contributed by atoms with Gasteiger partial charge in [0.15, 0.2) is 14.5 Å². The topological polar surface area (TPSA) is 54.4 Å². The SMILES string of the molecule is CCS(=O)(=O)[C@H](Cl)[C@@H](O)c1ccccc1F. The Bertz CT molecular complexity index is 461. The van der Waals surface area contributed by atoms with Crippen LogP contribution in [0.4, 0.5) is 4.39 Å². The monoisotopic (exact) mass is 266 g/mol. The number of aliphatic hydroxyl groups excluding tert-OH is 1. The molecule has 0 fully saturated rings. The maximum absolute atomic E-state index is 13.3. The lowest BCUT2D eigenvalue weighted by molar-refractivity contribution is 0.186. The van der Waals surface area contributed by atoms with Gasteiger partial charge >= 0.3 is 0 Å². The van der Waals surface area contributed by atoms with Crippen molar-refractivity contribution in [3.05, 3.63) is 35.6 Å². The lowest BCUT2D eigenvalue weighted by Crippen LogP contribution is -2.25. The lowest BCUT2D eigenvalue weighted by atomic mass is 10.1. The first-order valence-corrected chi connectivity index (χ1v) is 6.83. The first kappa shape index (κ1) is 13.4. The average molecular weight is 267 g/mol. The van der Waals surface area contributed by atoms with E-state index in [1.165, 1.54) is 25.1 Å². The lowest BCUT2D eigenvalue weighted by Gasteiger charge is -2.17. The van der Waals surface area contributed by atoms with E-state index in [1.54, 1.807) is 0 Å². The molecule has 0 radical (unpaired) electrons. The van der Waals surface area contributed by atoms with Crippen molar-refractivity contribution in [2.45, 2.75) is 17.7 Å². The van der Waals surface area contributed by atoms with Crippen LogP contribution in [0.2, 0.25) is 0 Å². The molecule has 2 atom stereocenters. The molecule has 1 aromatic carbocycles. The number of alkyl halides is 1. The minimum atomic E-state index is -3.61. The summed E-state index contributed by atoms with van der Waals surface area (Å²) in [7, 11) is -3.61. The largest absolute Gasteiger partial charge is 0.386 e. The predicted octanol–water partition coefficient (Wildman–Crippen LogP) is 1.86. The van der Waals surface area contributed by atoms with Crippen LogP contribution >= 0.6 is 11.6 Å². The fraction of sp³-hybridized carbons (Fsp3) is 0.400.